The third-order valence-corrected chi connectivity index (χ3v) is 4.27. The van der Waals surface area contributed by atoms with Gasteiger partial charge in [0.05, 0.1) is 12.1 Å². The highest BCUT2D eigenvalue weighted by atomic mass is 16.6. The van der Waals surface area contributed by atoms with E-state index in [0.717, 1.165) is 42.7 Å². The monoisotopic (exact) mass is 290 g/mol. The Hall–Kier alpha value is -1.75. The molecule has 1 aliphatic carbocycles. The maximum Gasteiger partial charge on any atom is 0.234 e. The van der Waals surface area contributed by atoms with Crippen LogP contribution in [0.5, 0.6) is 11.5 Å². The molecule has 1 aliphatic heterocycles. The smallest absolute Gasteiger partial charge is 0.234 e. The number of ether oxygens (including phenoxy) is 2. The van der Waals surface area contributed by atoms with Crippen molar-refractivity contribution in [3.63, 3.8) is 0 Å². The highest BCUT2D eigenvalue weighted by molar-refractivity contribution is 5.79. The van der Waals surface area contributed by atoms with Crippen LogP contribution < -0.4 is 20.1 Å². The van der Waals surface area contributed by atoms with Crippen LogP contribution in [0.15, 0.2) is 18.2 Å². The second-order valence-electron chi connectivity index (χ2n) is 5.73. The van der Waals surface area contributed by atoms with Gasteiger partial charge < -0.3 is 20.1 Å². The average molecular weight is 290 g/mol. The van der Waals surface area contributed by atoms with Gasteiger partial charge in [-0.3, -0.25) is 4.79 Å². The number of hydrogen-bond donors (Lipinski definition) is 2. The van der Waals surface area contributed by atoms with Gasteiger partial charge >= 0.3 is 0 Å². The van der Waals surface area contributed by atoms with E-state index >= 15 is 0 Å². The summed E-state index contributed by atoms with van der Waals surface area (Å²) >= 11 is 0. The molecule has 5 nitrogen and oxygen atoms in total. The van der Waals surface area contributed by atoms with Crippen molar-refractivity contribution in [1.29, 1.82) is 0 Å². The Kier molecular flexibility index (Phi) is 4.01. The molecule has 0 saturated heterocycles. The van der Waals surface area contributed by atoms with Crippen LogP contribution in [-0.2, 0) is 10.3 Å². The van der Waals surface area contributed by atoms with Gasteiger partial charge in [0.2, 0.25) is 5.91 Å². The van der Waals surface area contributed by atoms with Crippen molar-refractivity contribution in [1.82, 2.24) is 10.6 Å². The van der Waals surface area contributed by atoms with Crippen molar-refractivity contribution in [3.05, 3.63) is 23.8 Å². The number of fused-ring (bicyclic) bond motifs is 1. The third-order valence-electron chi connectivity index (χ3n) is 4.27. The van der Waals surface area contributed by atoms with Gasteiger partial charge in [0.15, 0.2) is 11.5 Å². The van der Waals surface area contributed by atoms with Gasteiger partial charge in [0.1, 0.15) is 13.2 Å². The van der Waals surface area contributed by atoms with Gasteiger partial charge in [-0.25, -0.2) is 0 Å². The van der Waals surface area contributed by atoms with Crippen molar-refractivity contribution in [3.8, 4) is 11.5 Å². The standard InChI is InChI=1S/C16H22N2O3/c1-17-11-15(19)18-16(6-2-3-7-16)12-4-5-13-14(10-12)21-9-8-20-13/h4-5,10,17H,2-3,6-9,11H2,1H3,(H,18,19). The highest BCUT2D eigenvalue weighted by Gasteiger charge is 2.37. The molecule has 0 spiro atoms. The van der Waals surface area contributed by atoms with Crippen LogP contribution in [0.25, 0.3) is 0 Å². The zero-order valence-corrected chi connectivity index (χ0v) is 12.4. The lowest BCUT2D eigenvalue weighted by molar-refractivity contribution is -0.122. The highest BCUT2D eigenvalue weighted by Crippen LogP contribution is 2.42. The molecule has 0 bridgehead atoms. The van der Waals surface area contributed by atoms with Crippen LogP contribution in [0, 0.1) is 0 Å². The van der Waals surface area contributed by atoms with E-state index in [1.807, 2.05) is 12.1 Å². The average Bonchev–Trinajstić information content (AvgIpc) is 2.96. The Morgan fingerprint density at radius 2 is 1.90 bits per heavy atom. The summed E-state index contributed by atoms with van der Waals surface area (Å²) in [5.41, 5.74) is 0.859. The van der Waals surface area contributed by atoms with Crippen LogP contribution in [0.4, 0.5) is 0 Å². The minimum Gasteiger partial charge on any atom is -0.486 e. The molecule has 1 aromatic carbocycles. The van der Waals surface area contributed by atoms with E-state index in [2.05, 4.69) is 16.7 Å². The number of nitrogens with one attached hydrogen (secondary N) is 2. The van der Waals surface area contributed by atoms with Gasteiger partial charge in [-0.15, -0.1) is 0 Å². The number of likely N-dealkylation sites (N-methyl/N-ethyl adjacent to an activating group) is 1. The normalized spacial score (nSPS) is 19.3. The summed E-state index contributed by atoms with van der Waals surface area (Å²) < 4.78 is 11.2. The third kappa shape index (κ3) is 2.83. The van der Waals surface area contributed by atoms with Crippen molar-refractivity contribution < 1.29 is 14.3 Å². The molecule has 2 aliphatic rings. The van der Waals surface area contributed by atoms with Crippen molar-refractivity contribution in [2.45, 2.75) is 31.2 Å². The molecule has 1 amide bonds. The minimum atomic E-state index is -0.260. The second-order valence-corrected chi connectivity index (χ2v) is 5.73. The van der Waals surface area contributed by atoms with E-state index in [1.165, 1.54) is 0 Å². The van der Waals surface area contributed by atoms with E-state index in [0.29, 0.717) is 19.8 Å². The predicted molar refractivity (Wildman–Crippen MR) is 79.6 cm³/mol. The van der Waals surface area contributed by atoms with Crippen molar-refractivity contribution in [2.75, 3.05) is 26.8 Å². The van der Waals surface area contributed by atoms with E-state index in [-0.39, 0.29) is 11.4 Å². The molecule has 0 radical (unpaired) electrons. The van der Waals surface area contributed by atoms with Crippen molar-refractivity contribution in [2.24, 2.45) is 0 Å². The van der Waals surface area contributed by atoms with Crippen LogP contribution in [0.2, 0.25) is 0 Å². The molecule has 1 saturated carbocycles. The summed E-state index contributed by atoms with van der Waals surface area (Å²) in [6.07, 6.45) is 4.22. The molecular weight excluding hydrogens is 268 g/mol. The maximum atomic E-state index is 12.0. The summed E-state index contributed by atoms with van der Waals surface area (Å²) in [6, 6.07) is 6.03. The number of rotatable bonds is 4. The summed E-state index contributed by atoms with van der Waals surface area (Å²) in [6.45, 7) is 1.51. The topological polar surface area (TPSA) is 59.6 Å². The van der Waals surface area contributed by atoms with Gasteiger partial charge in [-0.05, 0) is 37.6 Å². The molecule has 0 aromatic heterocycles. The first-order valence-electron chi connectivity index (χ1n) is 7.59. The molecule has 114 valence electrons. The van der Waals surface area contributed by atoms with Crippen LogP contribution in [0.3, 0.4) is 0 Å². The fraction of sp³-hybridized carbons (Fsp3) is 0.562. The molecule has 0 atom stereocenters. The fourth-order valence-electron chi connectivity index (χ4n) is 3.28. The van der Waals surface area contributed by atoms with Crippen molar-refractivity contribution >= 4 is 5.91 Å². The Labute approximate surface area is 125 Å². The molecular formula is C16H22N2O3. The lowest BCUT2D eigenvalue weighted by Crippen LogP contribution is -2.46. The number of hydrogen-bond acceptors (Lipinski definition) is 4. The van der Waals surface area contributed by atoms with E-state index < -0.39 is 0 Å². The predicted octanol–water partition coefficient (Wildman–Crippen LogP) is 1.56. The molecule has 5 heteroatoms. The van der Waals surface area contributed by atoms with Gasteiger partial charge in [0.25, 0.3) is 0 Å². The molecule has 21 heavy (non-hydrogen) atoms. The molecule has 2 N–H and O–H groups in total. The Bertz CT molecular complexity index is 524. The molecule has 0 unspecified atom stereocenters. The summed E-state index contributed by atoms with van der Waals surface area (Å²) in [7, 11) is 1.78. The fourth-order valence-corrected chi connectivity index (χ4v) is 3.28. The van der Waals surface area contributed by atoms with Gasteiger partial charge in [-0.2, -0.15) is 0 Å². The van der Waals surface area contributed by atoms with E-state index in [1.54, 1.807) is 7.05 Å². The Morgan fingerprint density at radius 1 is 1.19 bits per heavy atom. The Balaban J connectivity index is 1.88. The number of amides is 1. The first kappa shape index (κ1) is 14.2. The number of carbonyl (C=O) groups is 1. The van der Waals surface area contributed by atoms with E-state index in [9.17, 15) is 4.79 Å². The lowest BCUT2D eigenvalue weighted by Gasteiger charge is -2.32. The van der Waals surface area contributed by atoms with Crippen LogP contribution >= 0.6 is 0 Å². The number of benzene rings is 1. The first-order valence-corrected chi connectivity index (χ1v) is 7.59. The minimum absolute atomic E-state index is 0.0364. The van der Waals surface area contributed by atoms with Crippen LogP contribution in [0.1, 0.15) is 31.2 Å². The first-order chi connectivity index (χ1) is 10.2. The summed E-state index contributed by atoms with van der Waals surface area (Å²) in [5, 5.41) is 6.12. The summed E-state index contributed by atoms with van der Waals surface area (Å²) in [5.74, 6) is 1.61. The largest absolute Gasteiger partial charge is 0.486 e. The number of carbonyl (C=O) groups excluding carboxylic acids is 1. The SMILES string of the molecule is CNCC(=O)NC1(c2ccc3c(c2)OCCO3)CCCC1. The molecule has 3 rings (SSSR count). The molecule has 1 aromatic rings. The summed E-state index contributed by atoms with van der Waals surface area (Å²) in [4.78, 5) is 12.0. The van der Waals surface area contributed by atoms with Crippen LogP contribution in [-0.4, -0.2) is 32.7 Å². The van der Waals surface area contributed by atoms with E-state index in [4.69, 9.17) is 9.47 Å². The van der Waals surface area contributed by atoms with Gasteiger partial charge in [-0.1, -0.05) is 18.9 Å². The maximum absolute atomic E-state index is 12.0. The van der Waals surface area contributed by atoms with Gasteiger partial charge in [0, 0.05) is 0 Å². The lowest BCUT2D eigenvalue weighted by atomic mass is 9.87. The Morgan fingerprint density at radius 3 is 2.62 bits per heavy atom. The second kappa shape index (κ2) is 5.93. The zero-order valence-electron chi connectivity index (χ0n) is 12.4. The zero-order chi connectivity index (χ0) is 14.7. The molecule has 1 fully saturated rings. The molecule has 1 heterocycles. The quantitative estimate of drug-likeness (QED) is 0.883.